The highest BCUT2D eigenvalue weighted by atomic mass is 16.1. The molecule has 4 aromatic rings. The highest BCUT2D eigenvalue weighted by molar-refractivity contribution is 5.82. The molecule has 4 heteroatoms. The van der Waals surface area contributed by atoms with Crippen molar-refractivity contribution in [2.24, 2.45) is 0 Å². The van der Waals surface area contributed by atoms with E-state index in [4.69, 9.17) is 4.98 Å². The molecule has 1 fully saturated rings. The maximum absolute atomic E-state index is 13.9. The van der Waals surface area contributed by atoms with Gasteiger partial charge in [-0.1, -0.05) is 60.7 Å². The first-order valence-corrected chi connectivity index (χ1v) is 11.0. The fourth-order valence-corrected chi connectivity index (χ4v) is 4.57. The van der Waals surface area contributed by atoms with E-state index in [0.29, 0.717) is 11.4 Å². The Bertz CT molecular complexity index is 1220. The fraction of sp³-hybridized carbons (Fsp3) is 0.259. The quantitative estimate of drug-likeness (QED) is 0.447. The van der Waals surface area contributed by atoms with Gasteiger partial charge in [0.2, 0.25) is 0 Å². The summed E-state index contributed by atoms with van der Waals surface area (Å²) in [6.45, 7) is 1.92. The smallest absolute Gasteiger partial charge is 0.262 e. The van der Waals surface area contributed by atoms with Gasteiger partial charge in [0.25, 0.3) is 5.56 Å². The van der Waals surface area contributed by atoms with Crippen molar-refractivity contribution >= 4 is 16.6 Å². The van der Waals surface area contributed by atoms with E-state index < -0.39 is 0 Å². The van der Waals surface area contributed by atoms with E-state index in [1.807, 2.05) is 60.0 Å². The summed E-state index contributed by atoms with van der Waals surface area (Å²) >= 11 is 0. The van der Waals surface area contributed by atoms with Gasteiger partial charge in [-0.15, -0.1) is 0 Å². The van der Waals surface area contributed by atoms with Crippen molar-refractivity contribution in [1.29, 1.82) is 0 Å². The van der Waals surface area contributed by atoms with Crippen molar-refractivity contribution in [3.8, 4) is 0 Å². The number of rotatable bonds is 5. The van der Waals surface area contributed by atoms with Gasteiger partial charge in [-0.3, -0.25) is 9.36 Å². The van der Waals surface area contributed by atoms with Crippen LogP contribution in [0.5, 0.6) is 0 Å². The summed E-state index contributed by atoms with van der Waals surface area (Å²) in [5.74, 6) is 0.718. The van der Waals surface area contributed by atoms with Gasteiger partial charge in [0.05, 0.1) is 16.9 Å². The van der Waals surface area contributed by atoms with Crippen LogP contribution >= 0.6 is 0 Å². The second-order valence-corrected chi connectivity index (χ2v) is 8.46. The molecule has 1 aromatic heterocycles. The molecule has 0 atom stereocenters. The molecule has 4 nitrogen and oxygen atoms in total. The molecule has 0 spiro atoms. The van der Waals surface area contributed by atoms with E-state index >= 15 is 0 Å². The standard InChI is InChI=1S/C27H27N3O/c1-19-28-25-17-16-23(29(2)22-14-9-15-22)18-24(25)27(31)30(19)26(20-10-5-3-6-11-20)21-12-7-4-8-13-21/h3-8,10-13,16-18,22,26H,9,14-15H2,1-2H3. The van der Waals surface area contributed by atoms with Crippen molar-refractivity contribution in [2.75, 3.05) is 11.9 Å². The Labute approximate surface area is 182 Å². The van der Waals surface area contributed by atoms with Gasteiger partial charge in [-0.05, 0) is 55.5 Å². The average Bonchev–Trinajstić information content (AvgIpc) is 2.76. The molecule has 3 aromatic carbocycles. The van der Waals surface area contributed by atoms with Gasteiger partial charge in [0.1, 0.15) is 5.82 Å². The topological polar surface area (TPSA) is 38.1 Å². The van der Waals surface area contributed by atoms with Crippen molar-refractivity contribution in [1.82, 2.24) is 9.55 Å². The Morgan fingerprint density at radius 1 is 0.935 bits per heavy atom. The number of nitrogens with zero attached hydrogens (tertiary/aromatic N) is 3. The van der Waals surface area contributed by atoms with Gasteiger partial charge in [0, 0.05) is 18.8 Å². The summed E-state index contributed by atoms with van der Waals surface area (Å²) in [4.78, 5) is 21.0. The molecule has 5 rings (SSSR count). The first-order chi connectivity index (χ1) is 15.1. The zero-order valence-electron chi connectivity index (χ0n) is 18.0. The molecule has 0 N–H and O–H groups in total. The molecule has 0 amide bonds. The number of hydrogen-bond acceptors (Lipinski definition) is 3. The van der Waals surface area contributed by atoms with Gasteiger partial charge in [0.15, 0.2) is 0 Å². The lowest BCUT2D eigenvalue weighted by atomic mass is 9.91. The van der Waals surface area contributed by atoms with Crippen molar-refractivity contribution in [3.63, 3.8) is 0 Å². The molecule has 1 heterocycles. The SMILES string of the molecule is Cc1nc2ccc(N(C)C3CCC3)cc2c(=O)n1C(c1ccccc1)c1ccccc1. The van der Waals surface area contributed by atoms with Gasteiger partial charge < -0.3 is 4.90 Å². The van der Waals surface area contributed by atoms with Crippen molar-refractivity contribution < 1.29 is 0 Å². The zero-order chi connectivity index (χ0) is 21.4. The molecule has 1 aliphatic carbocycles. The fourth-order valence-electron chi connectivity index (χ4n) is 4.57. The number of aryl methyl sites for hydroxylation is 1. The van der Waals surface area contributed by atoms with E-state index in [1.165, 1.54) is 19.3 Å². The highest BCUT2D eigenvalue weighted by Crippen LogP contribution is 2.30. The van der Waals surface area contributed by atoms with E-state index in [9.17, 15) is 4.79 Å². The van der Waals surface area contributed by atoms with Crippen molar-refractivity contribution in [3.05, 3.63) is 106 Å². The van der Waals surface area contributed by atoms with E-state index in [1.54, 1.807) is 0 Å². The lowest BCUT2D eigenvalue weighted by molar-refractivity contribution is 0.401. The maximum atomic E-state index is 13.9. The lowest BCUT2D eigenvalue weighted by Crippen LogP contribution is -2.37. The maximum Gasteiger partial charge on any atom is 0.262 e. The Morgan fingerprint density at radius 2 is 1.55 bits per heavy atom. The number of fused-ring (bicyclic) bond motifs is 1. The molecule has 0 radical (unpaired) electrons. The summed E-state index contributed by atoms with van der Waals surface area (Å²) in [7, 11) is 2.13. The average molecular weight is 410 g/mol. The summed E-state index contributed by atoms with van der Waals surface area (Å²) in [5, 5.41) is 0.672. The van der Waals surface area contributed by atoms with Crippen LogP contribution in [0.25, 0.3) is 10.9 Å². The van der Waals surface area contributed by atoms with E-state index in [2.05, 4.69) is 42.3 Å². The number of anilines is 1. The van der Waals surface area contributed by atoms with E-state index in [-0.39, 0.29) is 11.6 Å². The van der Waals surface area contributed by atoms with Gasteiger partial charge in [-0.2, -0.15) is 0 Å². The molecule has 1 saturated carbocycles. The normalized spacial score (nSPS) is 14.0. The first-order valence-electron chi connectivity index (χ1n) is 11.0. The summed E-state index contributed by atoms with van der Waals surface area (Å²) < 4.78 is 1.85. The van der Waals surface area contributed by atoms with Crippen LogP contribution in [0.2, 0.25) is 0 Å². The molecule has 0 saturated heterocycles. The predicted octanol–water partition coefficient (Wildman–Crippen LogP) is 5.33. The van der Waals surface area contributed by atoms with Crippen LogP contribution in [0.15, 0.2) is 83.7 Å². The molecule has 0 bridgehead atoms. The third kappa shape index (κ3) is 3.52. The molecule has 1 aliphatic rings. The molecule has 0 aliphatic heterocycles. The molecular formula is C27H27N3O. The summed E-state index contributed by atoms with van der Waals surface area (Å²) in [6.07, 6.45) is 3.72. The molecular weight excluding hydrogens is 382 g/mol. The highest BCUT2D eigenvalue weighted by Gasteiger charge is 2.24. The summed E-state index contributed by atoms with van der Waals surface area (Å²) in [5.41, 5.74) is 3.99. The van der Waals surface area contributed by atoms with Crippen LogP contribution in [0.4, 0.5) is 5.69 Å². The minimum absolute atomic E-state index is 0.00376. The summed E-state index contributed by atoms with van der Waals surface area (Å²) in [6, 6.07) is 26.8. The molecule has 156 valence electrons. The van der Waals surface area contributed by atoms with Crippen LogP contribution in [-0.4, -0.2) is 22.6 Å². The number of hydrogen-bond donors (Lipinski definition) is 0. The Hall–Kier alpha value is -3.40. The Balaban J connectivity index is 1.71. The Kier molecular flexibility index (Phi) is 5.06. The van der Waals surface area contributed by atoms with Crippen LogP contribution < -0.4 is 10.5 Å². The first kappa shape index (κ1) is 19.6. The molecule has 0 unspecified atom stereocenters. The number of benzene rings is 3. The minimum atomic E-state index is -0.222. The van der Waals surface area contributed by atoms with Crippen LogP contribution in [-0.2, 0) is 0 Å². The van der Waals surface area contributed by atoms with Gasteiger partial charge in [-0.25, -0.2) is 4.98 Å². The van der Waals surface area contributed by atoms with Crippen LogP contribution in [0, 0.1) is 6.92 Å². The van der Waals surface area contributed by atoms with Crippen LogP contribution in [0.3, 0.4) is 0 Å². The zero-order valence-corrected chi connectivity index (χ0v) is 18.0. The second kappa shape index (κ2) is 8.03. The van der Waals surface area contributed by atoms with E-state index in [0.717, 1.165) is 28.2 Å². The van der Waals surface area contributed by atoms with Crippen LogP contribution in [0.1, 0.15) is 42.3 Å². The number of aromatic nitrogens is 2. The second-order valence-electron chi connectivity index (χ2n) is 8.46. The Morgan fingerprint density at radius 3 is 2.10 bits per heavy atom. The predicted molar refractivity (Wildman–Crippen MR) is 127 cm³/mol. The minimum Gasteiger partial charge on any atom is -0.372 e. The third-order valence-electron chi connectivity index (χ3n) is 6.58. The third-order valence-corrected chi connectivity index (χ3v) is 6.58. The van der Waals surface area contributed by atoms with Gasteiger partial charge >= 0.3 is 0 Å². The largest absolute Gasteiger partial charge is 0.372 e. The molecule has 31 heavy (non-hydrogen) atoms. The monoisotopic (exact) mass is 409 g/mol. The lowest BCUT2D eigenvalue weighted by Gasteiger charge is -2.36. The van der Waals surface area contributed by atoms with Crippen molar-refractivity contribution in [2.45, 2.75) is 38.3 Å².